The Labute approximate surface area is 194 Å². The molecule has 1 aromatic rings. The summed E-state index contributed by atoms with van der Waals surface area (Å²) in [5, 5.41) is 5.83. The molecule has 0 aliphatic carbocycles. The number of carbonyl (C=O) groups excluding carboxylic acids is 2. The Kier molecular flexibility index (Phi) is 7.63. The second-order valence-corrected chi connectivity index (χ2v) is 10.0. The number of fused-ring (bicyclic) bond motifs is 1. The fourth-order valence-electron chi connectivity index (χ4n) is 4.79. The van der Waals surface area contributed by atoms with Crippen LogP contribution in [0.15, 0.2) is 18.2 Å². The van der Waals surface area contributed by atoms with E-state index in [1.807, 2.05) is 25.7 Å². The van der Waals surface area contributed by atoms with E-state index >= 15 is 0 Å². The lowest BCUT2D eigenvalue weighted by atomic mass is 9.85. The zero-order valence-corrected chi connectivity index (χ0v) is 20.3. The van der Waals surface area contributed by atoms with Crippen LogP contribution in [0.1, 0.15) is 41.0 Å². The van der Waals surface area contributed by atoms with E-state index < -0.39 is 29.1 Å². The molecule has 33 heavy (non-hydrogen) atoms. The predicted molar refractivity (Wildman–Crippen MR) is 122 cm³/mol. The molecule has 2 aliphatic heterocycles. The SMILES string of the molecule is CCN1C[C@H](Oc2ccc(F)c(F)c2)[C@@H]2[C@H]1CCN2C(=O)[C@@H](NC(=O)[C@H](C)NC)C(C)(C)C. The van der Waals surface area contributed by atoms with Crippen molar-refractivity contribution in [2.75, 3.05) is 26.7 Å². The second kappa shape index (κ2) is 9.93. The van der Waals surface area contributed by atoms with Gasteiger partial charge in [0.05, 0.1) is 12.1 Å². The molecule has 2 heterocycles. The molecular formula is C24H36F2N4O3. The van der Waals surface area contributed by atoms with Crippen molar-refractivity contribution < 1.29 is 23.1 Å². The molecule has 0 radical (unpaired) electrons. The summed E-state index contributed by atoms with van der Waals surface area (Å²) in [5.74, 6) is -2.05. The Morgan fingerprint density at radius 2 is 1.94 bits per heavy atom. The van der Waals surface area contributed by atoms with Crippen molar-refractivity contribution in [3.63, 3.8) is 0 Å². The van der Waals surface area contributed by atoms with Crippen molar-refractivity contribution in [2.45, 2.75) is 71.3 Å². The van der Waals surface area contributed by atoms with Gasteiger partial charge in [0.25, 0.3) is 0 Å². The molecule has 2 aliphatic rings. The van der Waals surface area contributed by atoms with E-state index in [0.717, 1.165) is 25.1 Å². The van der Waals surface area contributed by atoms with Crippen LogP contribution in [0.2, 0.25) is 0 Å². The summed E-state index contributed by atoms with van der Waals surface area (Å²) in [7, 11) is 1.70. The lowest BCUT2D eigenvalue weighted by Crippen LogP contribution is -2.59. The number of likely N-dealkylation sites (N-methyl/N-ethyl adjacent to an activating group) is 2. The van der Waals surface area contributed by atoms with Gasteiger partial charge in [0.1, 0.15) is 17.9 Å². The first-order valence-corrected chi connectivity index (χ1v) is 11.6. The maximum absolute atomic E-state index is 13.8. The molecule has 0 unspecified atom stereocenters. The molecule has 2 N–H and O–H groups in total. The molecule has 2 amide bonds. The lowest BCUT2D eigenvalue weighted by Gasteiger charge is -2.37. The average molecular weight is 467 g/mol. The minimum Gasteiger partial charge on any atom is -0.487 e. The number of rotatable bonds is 7. The van der Waals surface area contributed by atoms with Crippen molar-refractivity contribution >= 4 is 11.8 Å². The molecule has 184 valence electrons. The summed E-state index contributed by atoms with van der Waals surface area (Å²) >= 11 is 0. The highest BCUT2D eigenvalue weighted by Crippen LogP contribution is 2.36. The smallest absolute Gasteiger partial charge is 0.246 e. The Hall–Kier alpha value is -2.26. The minimum absolute atomic E-state index is 0.113. The number of likely N-dealkylation sites (tertiary alicyclic amines) is 2. The first-order chi connectivity index (χ1) is 15.5. The van der Waals surface area contributed by atoms with Crippen LogP contribution >= 0.6 is 0 Å². The molecule has 7 nitrogen and oxygen atoms in total. The number of benzene rings is 1. The fourth-order valence-corrected chi connectivity index (χ4v) is 4.79. The van der Waals surface area contributed by atoms with Gasteiger partial charge in [-0.25, -0.2) is 8.78 Å². The monoisotopic (exact) mass is 466 g/mol. The third-order valence-corrected chi connectivity index (χ3v) is 6.78. The van der Waals surface area contributed by atoms with E-state index in [9.17, 15) is 18.4 Å². The topological polar surface area (TPSA) is 73.9 Å². The molecule has 2 saturated heterocycles. The van der Waals surface area contributed by atoms with Gasteiger partial charge in [-0.1, -0.05) is 27.7 Å². The highest BCUT2D eigenvalue weighted by molar-refractivity contribution is 5.90. The van der Waals surface area contributed by atoms with E-state index in [0.29, 0.717) is 13.1 Å². The zero-order chi connectivity index (χ0) is 24.5. The Balaban J connectivity index is 1.85. The molecule has 0 aromatic heterocycles. The van der Waals surface area contributed by atoms with E-state index in [1.54, 1.807) is 14.0 Å². The summed E-state index contributed by atoms with van der Waals surface area (Å²) in [4.78, 5) is 30.4. The van der Waals surface area contributed by atoms with Crippen molar-refractivity contribution in [1.82, 2.24) is 20.4 Å². The average Bonchev–Trinajstić information content (AvgIpc) is 3.33. The third kappa shape index (κ3) is 5.30. The second-order valence-electron chi connectivity index (χ2n) is 10.0. The van der Waals surface area contributed by atoms with E-state index in [-0.39, 0.29) is 35.8 Å². The summed E-state index contributed by atoms with van der Waals surface area (Å²) in [6.45, 7) is 11.5. The van der Waals surface area contributed by atoms with Gasteiger partial charge in [-0.15, -0.1) is 0 Å². The Morgan fingerprint density at radius 1 is 1.24 bits per heavy atom. The normalized spacial score (nSPS) is 25.0. The quantitative estimate of drug-likeness (QED) is 0.644. The Bertz CT molecular complexity index is 876. The van der Waals surface area contributed by atoms with Gasteiger partial charge >= 0.3 is 0 Å². The third-order valence-electron chi connectivity index (χ3n) is 6.78. The number of amides is 2. The number of ether oxygens (including phenoxy) is 1. The van der Waals surface area contributed by atoms with Crippen LogP contribution in [-0.2, 0) is 9.59 Å². The molecule has 1 aromatic carbocycles. The standard InChI is InChI=1S/C24H36F2N4O3/c1-7-29-13-19(33-15-8-9-16(25)17(26)12-15)20-18(29)10-11-30(20)23(32)21(24(3,4)5)28-22(31)14(2)27-6/h8-9,12,14,18-21,27H,7,10-11,13H2,1-6H3,(H,28,31)/t14-,18+,19-,20-,21+/m0/s1. The Morgan fingerprint density at radius 3 is 2.52 bits per heavy atom. The van der Waals surface area contributed by atoms with E-state index in [1.165, 1.54) is 6.07 Å². The van der Waals surface area contributed by atoms with Crippen molar-refractivity contribution in [2.24, 2.45) is 5.41 Å². The minimum atomic E-state index is -0.970. The molecule has 0 bridgehead atoms. The van der Waals surface area contributed by atoms with Gasteiger partial charge in [-0.05, 0) is 44.5 Å². The van der Waals surface area contributed by atoms with Crippen LogP contribution in [0.5, 0.6) is 5.75 Å². The van der Waals surface area contributed by atoms with Gasteiger partial charge < -0.3 is 20.3 Å². The van der Waals surface area contributed by atoms with Crippen molar-refractivity contribution in [1.29, 1.82) is 0 Å². The first kappa shape index (κ1) is 25.4. The van der Waals surface area contributed by atoms with Crippen molar-refractivity contribution in [3.05, 3.63) is 29.8 Å². The maximum Gasteiger partial charge on any atom is 0.246 e. The van der Waals surface area contributed by atoms with E-state index in [4.69, 9.17) is 4.74 Å². The van der Waals surface area contributed by atoms with Crippen LogP contribution in [0, 0.1) is 17.0 Å². The van der Waals surface area contributed by atoms with Crippen molar-refractivity contribution in [3.8, 4) is 5.75 Å². The molecule has 0 saturated carbocycles. The number of nitrogens with zero attached hydrogens (tertiary/aromatic N) is 2. The molecular weight excluding hydrogens is 430 g/mol. The van der Waals surface area contributed by atoms with Crippen LogP contribution in [0.4, 0.5) is 8.78 Å². The van der Waals surface area contributed by atoms with Crippen LogP contribution in [0.3, 0.4) is 0 Å². The maximum atomic E-state index is 13.8. The van der Waals surface area contributed by atoms with Gasteiger partial charge in [0.15, 0.2) is 11.6 Å². The predicted octanol–water partition coefficient (Wildman–Crippen LogP) is 2.16. The largest absolute Gasteiger partial charge is 0.487 e. The number of halogens is 2. The summed E-state index contributed by atoms with van der Waals surface area (Å²) < 4.78 is 33.2. The fraction of sp³-hybridized carbons (Fsp3) is 0.667. The summed E-state index contributed by atoms with van der Waals surface area (Å²) in [6, 6.07) is 2.22. The molecule has 2 fully saturated rings. The van der Waals surface area contributed by atoms with Gasteiger partial charge in [-0.3, -0.25) is 14.5 Å². The van der Waals surface area contributed by atoms with Gasteiger partial charge in [0, 0.05) is 25.2 Å². The highest BCUT2D eigenvalue weighted by Gasteiger charge is 2.52. The number of hydrogen-bond acceptors (Lipinski definition) is 5. The molecule has 0 spiro atoms. The summed E-state index contributed by atoms with van der Waals surface area (Å²) in [5.41, 5.74) is -0.502. The van der Waals surface area contributed by atoms with Crippen LogP contribution < -0.4 is 15.4 Å². The molecule has 5 atom stereocenters. The zero-order valence-electron chi connectivity index (χ0n) is 20.3. The molecule has 9 heteroatoms. The summed E-state index contributed by atoms with van der Waals surface area (Å²) in [6.07, 6.45) is 0.401. The first-order valence-electron chi connectivity index (χ1n) is 11.6. The number of hydrogen-bond donors (Lipinski definition) is 2. The number of nitrogens with one attached hydrogen (secondary N) is 2. The highest BCUT2D eigenvalue weighted by atomic mass is 19.2. The van der Waals surface area contributed by atoms with Gasteiger partial charge in [-0.2, -0.15) is 0 Å². The van der Waals surface area contributed by atoms with Crippen LogP contribution in [0.25, 0.3) is 0 Å². The van der Waals surface area contributed by atoms with Gasteiger partial charge in [0.2, 0.25) is 11.8 Å². The molecule has 3 rings (SSSR count). The van der Waals surface area contributed by atoms with E-state index in [2.05, 4.69) is 22.5 Å². The van der Waals surface area contributed by atoms with Crippen LogP contribution in [-0.4, -0.2) is 78.6 Å². The number of carbonyl (C=O) groups is 2. The lowest BCUT2D eigenvalue weighted by molar-refractivity contribution is -0.141.